The second-order valence-electron chi connectivity index (χ2n) is 6.54. The summed E-state index contributed by atoms with van der Waals surface area (Å²) in [5.74, 6) is -0.171. The summed E-state index contributed by atoms with van der Waals surface area (Å²) in [6.45, 7) is 3.05. The topological polar surface area (TPSA) is 18.5 Å². The van der Waals surface area contributed by atoms with E-state index in [-0.39, 0.29) is 17.4 Å². The van der Waals surface area contributed by atoms with E-state index in [0.29, 0.717) is 0 Å². The highest BCUT2D eigenvalue weighted by Crippen LogP contribution is 2.38. The molecule has 2 rings (SSSR count). The van der Waals surface area contributed by atoms with Crippen LogP contribution in [0.25, 0.3) is 0 Å². The summed E-state index contributed by atoms with van der Waals surface area (Å²) in [4.78, 5) is 4.62. The molecular weight excluding hydrogens is 265 g/mol. The maximum atomic E-state index is 13.6. The average Bonchev–Trinajstić information content (AvgIpc) is 2.41. The summed E-state index contributed by atoms with van der Waals surface area (Å²) in [5, 5.41) is 3.21. The van der Waals surface area contributed by atoms with E-state index in [4.69, 9.17) is 0 Å². The van der Waals surface area contributed by atoms with Crippen molar-refractivity contribution >= 4 is 5.69 Å². The molecule has 21 heavy (non-hydrogen) atoms. The summed E-state index contributed by atoms with van der Waals surface area (Å²) in [6, 6.07) is 5.24. The minimum absolute atomic E-state index is 0.134. The maximum absolute atomic E-state index is 13.6. The van der Waals surface area contributed by atoms with Gasteiger partial charge in [-0.25, -0.2) is 4.39 Å². The zero-order chi connectivity index (χ0) is 15.6. The third-order valence-electron chi connectivity index (χ3n) is 5.06. The fraction of sp³-hybridized carbons (Fsp3) is 0.647. The quantitative estimate of drug-likeness (QED) is 0.870. The molecule has 0 saturated heterocycles. The van der Waals surface area contributed by atoms with Gasteiger partial charge in [0, 0.05) is 30.9 Å². The van der Waals surface area contributed by atoms with E-state index < -0.39 is 0 Å². The normalized spacial score (nSPS) is 18.4. The Labute approximate surface area is 128 Å². The molecule has 0 amide bonds. The van der Waals surface area contributed by atoms with E-state index in [0.717, 1.165) is 17.8 Å². The van der Waals surface area contributed by atoms with E-state index in [1.54, 1.807) is 12.1 Å². The van der Waals surface area contributed by atoms with Crippen LogP contribution in [0.5, 0.6) is 0 Å². The van der Waals surface area contributed by atoms with Gasteiger partial charge >= 0.3 is 0 Å². The lowest BCUT2D eigenvalue weighted by molar-refractivity contribution is 0.0683. The Morgan fingerprint density at radius 2 is 1.95 bits per heavy atom. The maximum Gasteiger partial charge on any atom is 0.123 e. The molecule has 1 aliphatic carbocycles. The molecule has 0 heterocycles. The van der Waals surface area contributed by atoms with Crippen LogP contribution in [0.15, 0.2) is 18.2 Å². The summed E-state index contributed by atoms with van der Waals surface area (Å²) in [6.07, 6.45) is 3.78. The molecular formula is C17H28FN3. The predicted molar refractivity (Wildman–Crippen MR) is 87.4 cm³/mol. The number of nitrogens with zero attached hydrogens (tertiary/aromatic N) is 2. The van der Waals surface area contributed by atoms with Crippen LogP contribution < -0.4 is 10.2 Å². The molecule has 1 aromatic carbocycles. The van der Waals surface area contributed by atoms with E-state index >= 15 is 0 Å². The molecule has 0 spiro atoms. The average molecular weight is 293 g/mol. The van der Waals surface area contributed by atoms with E-state index in [1.165, 1.54) is 19.3 Å². The lowest BCUT2D eigenvalue weighted by atomic mass is 9.75. The lowest BCUT2D eigenvalue weighted by Gasteiger charge is -2.49. The molecule has 1 atom stereocenters. The van der Waals surface area contributed by atoms with Gasteiger partial charge in [0.2, 0.25) is 0 Å². The zero-order valence-corrected chi connectivity index (χ0v) is 13.9. The number of halogens is 1. The van der Waals surface area contributed by atoms with Crippen molar-refractivity contribution in [3.8, 4) is 0 Å². The highest BCUT2D eigenvalue weighted by Gasteiger charge is 2.40. The first kappa shape index (κ1) is 16.2. The molecule has 1 aromatic rings. The lowest BCUT2D eigenvalue weighted by Crippen LogP contribution is -2.56. The van der Waals surface area contributed by atoms with Gasteiger partial charge in [-0.15, -0.1) is 0 Å². The van der Waals surface area contributed by atoms with Crippen LogP contribution in [0, 0.1) is 5.82 Å². The molecule has 3 nitrogen and oxygen atoms in total. The Balaban J connectivity index is 2.24. The van der Waals surface area contributed by atoms with Gasteiger partial charge in [-0.2, -0.15) is 0 Å². The molecule has 118 valence electrons. The SMILES string of the molecule is CNC(C)c1cc(F)ccc1N(C)CC1(N(C)C)CCC1. The number of rotatable bonds is 6. The Morgan fingerprint density at radius 3 is 2.43 bits per heavy atom. The predicted octanol–water partition coefficient (Wildman–Crippen LogP) is 3.03. The van der Waals surface area contributed by atoms with Crippen molar-refractivity contribution in [1.82, 2.24) is 10.2 Å². The molecule has 0 bridgehead atoms. The standard InChI is InChI=1S/C17H28FN3/c1-13(19-2)15-11-14(18)7-8-16(15)21(5)12-17(20(3)4)9-6-10-17/h7-8,11,13,19H,6,9-10,12H2,1-5H3. The van der Waals surface area contributed by atoms with Crippen molar-refractivity contribution in [2.45, 2.75) is 37.8 Å². The molecule has 1 saturated carbocycles. The minimum atomic E-state index is -0.171. The monoisotopic (exact) mass is 293 g/mol. The van der Waals surface area contributed by atoms with Gasteiger partial charge in [0.25, 0.3) is 0 Å². The Hall–Kier alpha value is -1.13. The van der Waals surface area contributed by atoms with E-state index in [9.17, 15) is 4.39 Å². The first-order chi connectivity index (χ1) is 9.89. The second-order valence-corrected chi connectivity index (χ2v) is 6.54. The number of hydrogen-bond acceptors (Lipinski definition) is 3. The molecule has 1 aliphatic rings. The van der Waals surface area contributed by atoms with Crippen LogP contribution in [0.1, 0.15) is 37.8 Å². The Bertz CT molecular complexity index is 483. The van der Waals surface area contributed by atoms with Gasteiger partial charge in [-0.3, -0.25) is 0 Å². The van der Waals surface area contributed by atoms with Crippen molar-refractivity contribution in [2.24, 2.45) is 0 Å². The number of nitrogens with one attached hydrogen (secondary N) is 1. The number of likely N-dealkylation sites (N-methyl/N-ethyl adjacent to an activating group) is 2. The first-order valence-electron chi connectivity index (χ1n) is 7.75. The van der Waals surface area contributed by atoms with Crippen LogP contribution in [0.2, 0.25) is 0 Å². The fourth-order valence-corrected chi connectivity index (χ4v) is 3.23. The Kier molecular flexibility index (Phi) is 4.89. The molecule has 0 aliphatic heterocycles. The molecule has 1 fully saturated rings. The number of hydrogen-bond donors (Lipinski definition) is 1. The van der Waals surface area contributed by atoms with E-state index in [1.807, 2.05) is 13.1 Å². The molecule has 0 aromatic heterocycles. The van der Waals surface area contributed by atoms with Crippen molar-refractivity contribution in [3.63, 3.8) is 0 Å². The van der Waals surface area contributed by atoms with Crippen LogP contribution in [0.3, 0.4) is 0 Å². The van der Waals surface area contributed by atoms with E-state index in [2.05, 4.69) is 43.2 Å². The van der Waals surface area contributed by atoms with Crippen molar-refractivity contribution < 1.29 is 4.39 Å². The van der Waals surface area contributed by atoms with Crippen molar-refractivity contribution in [1.29, 1.82) is 0 Å². The number of anilines is 1. The Morgan fingerprint density at radius 1 is 1.29 bits per heavy atom. The van der Waals surface area contributed by atoms with Crippen LogP contribution >= 0.6 is 0 Å². The molecule has 0 radical (unpaired) electrons. The molecule has 1 unspecified atom stereocenters. The minimum Gasteiger partial charge on any atom is -0.372 e. The van der Waals surface area contributed by atoms with Crippen molar-refractivity contribution in [3.05, 3.63) is 29.6 Å². The zero-order valence-electron chi connectivity index (χ0n) is 13.9. The van der Waals surface area contributed by atoms with Gasteiger partial charge in [0.05, 0.1) is 0 Å². The third-order valence-corrected chi connectivity index (χ3v) is 5.06. The second kappa shape index (κ2) is 6.32. The van der Waals surface area contributed by atoms with Crippen LogP contribution in [0.4, 0.5) is 10.1 Å². The van der Waals surface area contributed by atoms with Gasteiger partial charge in [-0.05, 0) is 71.1 Å². The van der Waals surface area contributed by atoms with Gasteiger partial charge in [0.15, 0.2) is 0 Å². The number of benzene rings is 1. The highest BCUT2D eigenvalue weighted by molar-refractivity contribution is 5.55. The van der Waals surface area contributed by atoms with Gasteiger partial charge in [0.1, 0.15) is 5.82 Å². The largest absolute Gasteiger partial charge is 0.372 e. The summed E-state index contributed by atoms with van der Waals surface area (Å²) >= 11 is 0. The van der Waals surface area contributed by atoms with Crippen molar-refractivity contribution in [2.75, 3.05) is 39.6 Å². The summed E-state index contributed by atoms with van der Waals surface area (Å²) in [5.41, 5.74) is 2.41. The van der Waals surface area contributed by atoms with Crippen LogP contribution in [-0.2, 0) is 0 Å². The molecule has 1 N–H and O–H groups in total. The highest BCUT2D eigenvalue weighted by atomic mass is 19.1. The fourth-order valence-electron chi connectivity index (χ4n) is 3.23. The van der Waals surface area contributed by atoms with Gasteiger partial charge < -0.3 is 15.1 Å². The molecule has 4 heteroatoms. The van der Waals surface area contributed by atoms with Crippen LogP contribution in [-0.4, -0.2) is 45.2 Å². The summed E-state index contributed by atoms with van der Waals surface area (Å²) < 4.78 is 13.6. The summed E-state index contributed by atoms with van der Waals surface area (Å²) in [7, 11) is 8.35. The first-order valence-corrected chi connectivity index (χ1v) is 7.75. The third kappa shape index (κ3) is 3.22. The smallest absolute Gasteiger partial charge is 0.123 e. The van der Waals surface area contributed by atoms with Gasteiger partial charge in [-0.1, -0.05) is 0 Å².